The number of aryl methyl sites for hydroxylation is 4. The Labute approximate surface area is 405 Å². The summed E-state index contributed by atoms with van der Waals surface area (Å²) in [7, 11) is 1.86. The van der Waals surface area contributed by atoms with E-state index in [1.165, 1.54) is 18.2 Å². The maximum absolute atomic E-state index is 14.0. The topological polar surface area (TPSA) is 186 Å². The summed E-state index contributed by atoms with van der Waals surface area (Å²) in [5.74, 6) is -2.00. The maximum atomic E-state index is 14.0. The number of nitrogens with zero attached hydrogens (tertiary/aromatic N) is 7. The van der Waals surface area contributed by atoms with Gasteiger partial charge in [0.2, 0.25) is 17.7 Å². The van der Waals surface area contributed by atoms with Crippen LogP contribution in [0.5, 0.6) is 5.75 Å². The lowest BCUT2D eigenvalue weighted by Gasteiger charge is -2.35. The monoisotopic (exact) mass is 977 g/mol. The van der Waals surface area contributed by atoms with Crippen molar-refractivity contribution in [2.45, 2.75) is 65.6 Å². The molecule has 1 unspecified atom stereocenters. The number of imidazole rings is 1. The van der Waals surface area contributed by atoms with Crippen LogP contribution in [-0.4, -0.2) is 114 Å². The van der Waals surface area contributed by atoms with E-state index in [4.69, 9.17) is 27.9 Å². The molecule has 69 heavy (non-hydrogen) atoms. The Bertz CT molecular complexity index is 3240. The zero-order valence-corrected chi connectivity index (χ0v) is 40.0. The average molecular weight is 979 g/mol. The van der Waals surface area contributed by atoms with Crippen LogP contribution in [0.25, 0.3) is 43.8 Å². The highest BCUT2D eigenvalue weighted by Crippen LogP contribution is 2.42. The van der Waals surface area contributed by atoms with Crippen molar-refractivity contribution in [1.82, 2.24) is 44.3 Å². The molecule has 2 fully saturated rings. The van der Waals surface area contributed by atoms with Gasteiger partial charge in [0, 0.05) is 85.4 Å². The minimum absolute atomic E-state index is 0.0549. The number of carboxylic acids is 1. The Balaban J connectivity index is 0.924. The van der Waals surface area contributed by atoms with Gasteiger partial charge in [-0.15, -0.1) is 0 Å². The summed E-state index contributed by atoms with van der Waals surface area (Å²) in [5, 5.41) is 23.6. The smallest absolute Gasteiger partial charge is 0.352 e. The number of carbonyl (C=O) groups is 5. The molecule has 7 aromatic rings. The molecule has 16 nitrogen and oxygen atoms in total. The van der Waals surface area contributed by atoms with Gasteiger partial charge in [-0.05, 0) is 93.4 Å². The third-order valence-electron chi connectivity index (χ3n) is 13.3. The number of ether oxygens (including phenoxy) is 1. The molecule has 4 aromatic carbocycles. The molecule has 3 aromatic heterocycles. The number of imide groups is 1. The quantitative estimate of drug-likeness (QED) is 0.0757. The summed E-state index contributed by atoms with van der Waals surface area (Å²) in [6, 6.07) is 16.0. The van der Waals surface area contributed by atoms with Gasteiger partial charge in [-0.3, -0.25) is 34.1 Å². The van der Waals surface area contributed by atoms with E-state index in [2.05, 4.69) is 25.6 Å². The number of aromatic carboxylic acids is 1. The first-order valence-electron chi connectivity index (χ1n) is 22.8. The number of carbonyl (C=O) groups excluding carboxylic acids is 4. The van der Waals surface area contributed by atoms with E-state index in [1.54, 1.807) is 33.2 Å². The van der Waals surface area contributed by atoms with Gasteiger partial charge in [0.25, 0.3) is 5.91 Å². The van der Waals surface area contributed by atoms with Crippen LogP contribution >= 0.6 is 23.2 Å². The zero-order valence-electron chi connectivity index (χ0n) is 38.5. The van der Waals surface area contributed by atoms with Crippen LogP contribution < -0.4 is 15.4 Å². The fourth-order valence-corrected chi connectivity index (χ4v) is 10.3. The van der Waals surface area contributed by atoms with E-state index < -0.39 is 29.7 Å². The normalized spacial score (nSPS) is 15.6. The molecule has 0 bridgehead atoms. The van der Waals surface area contributed by atoms with Crippen molar-refractivity contribution in [3.63, 3.8) is 0 Å². The van der Waals surface area contributed by atoms with Gasteiger partial charge in [-0.25, -0.2) is 14.2 Å². The molecule has 0 spiro atoms. The lowest BCUT2D eigenvalue weighted by Crippen LogP contribution is -2.52. The fraction of sp³-hybridized carbons (Fsp3) is 0.340. The molecule has 358 valence electrons. The molecule has 9 rings (SSSR count). The summed E-state index contributed by atoms with van der Waals surface area (Å²) >= 11 is 13.6. The number of benzene rings is 4. The molecule has 0 radical (unpaired) electrons. The van der Waals surface area contributed by atoms with Crippen molar-refractivity contribution in [3.8, 4) is 16.9 Å². The van der Waals surface area contributed by atoms with Gasteiger partial charge < -0.3 is 29.2 Å². The molecule has 2 aliphatic rings. The fourth-order valence-electron chi connectivity index (χ4n) is 9.81. The Morgan fingerprint density at radius 2 is 1.71 bits per heavy atom. The lowest BCUT2D eigenvalue weighted by atomic mass is 9.98. The Morgan fingerprint density at radius 3 is 2.43 bits per heavy atom. The van der Waals surface area contributed by atoms with Gasteiger partial charge in [-0.2, -0.15) is 5.10 Å². The van der Waals surface area contributed by atoms with Gasteiger partial charge in [-0.1, -0.05) is 41.4 Å². The first kappa shape index (κ1) is 47.3. The van der Waals surface area contributed by atoms with Gasteiger partial charge in [0.05, 0.1) is 33.9 Å². The summed E-state index contributed by atoms with van der Waals surface area (Å²) in [5.41, 5.74) is 5.70. The summed E-state index contributed by atoms with van der Waals surface area (Å²) in [4.78, 5) is 73.4. The second-order valence-corrected chi connectivity index (χ2v) is 18.5. The second kappa shape index (κ2) is 19.3. The van der Waals surface area contributed by atoms with E-state index in [0.717, 1.165) is 33.1 Å². The van der Waals surface area contributed by atoms with E-state index in [9.17, 15) is 33.5 Å². The largest absolute Gasteiger partial charge is 0.493 e. The SMILES string of the molecule is Cc1nn(C)c(C)c1-c1c(Cl)ccc2c(CCCOc3cccc4cc(F)ccc34)c(C(=O)O)n(CCN3CCN(C(=O)Cn4c(C)nc5c(C(=O)NC6CCC(=O)NC6=O)cc(Cl)cc54)CC3)c12. The predicted octanol–water partition coefficient (Wildman–Crippen LogP) is 7.01. The van der Waals surface area contributed by atoms with Crippen LogP contribution in [0.2, 0.25) is 10.0 Å². The molecular weight excluding hydrogens is 929 g/mol. The van der Waals surface area contributed by atoms with Gasteiger partial charge in [0.15, 0.2) is 0 Å². The number of fused-ring (bicyclic) bond motifs is 3. The lowest BCUT2D eigenvalue weighted by molar-refractivity contribution is -0.135. The Kier molecular flexibility index (Phi) is 13.2. The van der Waals surface area contributed by atoms with Crippen LogP contribution in [0.3, 0.4) is 0 Å². The van der Waals surface area contributed by atoms with Crippen LogP contribution in [0.15, 0.2) is 60.7 Å². The van der Waals surface area contributed by atoms with Crippen molar-refractivity contribution in [1.29, 1.82) is 0 Å². The molecule has 1 atom stereocenters. The Hall–Kier alpha value is -6.82. The molecule has 2 saturated heterocycles. The van der Waals surface area contributed by atoms with Crippen molar-refractivity contribution in [2.24, 2.45) is 7.05 Å². The highest BCUT2D eigenvalue weighted by atomic mass is 35.5. The van der Waals surface area contributed by atoms with Crippen molar-refractivity contribution < 1.29 is 38.2 Å². The van der Waals surface area contributed by atoms with Gasteiger partial charge >= 0.3 is 5.97 Å². The molecule has 0 saturated carbocycles. The van der Waals surface area contributed by atoms with Crippen molar-refractivity contribution in [3.05, 3.63) is 111 Å². The molecule has 4 amide bonds. The zero-order chi connectivity index (χ0) is 48.8. The van der Waals surface area contributed by atoms with Crippen LogP contribution in [0.1, 0.15) is 62.9 Å². The van der Waals surface area contributed by atoms with E-state index in [1.807, 2.05) is 55.8 Å². The van der Waals surface area contributed by atoms with E-state index in [-0.39, 0.29) is 47.4 Å². The first-order chi connectivity index (χ1) is 33.1. The Morgan fingerprint density at radius 1 is 0.942 bits per heavy atom. The summed E-state index contributed by atoms with van der Waals surface area (Å²) in [6.45, 7) is 8.57. The highest BCUT2D eigenvalue weighted by Gasteiger charge is 2.31. The van der Waals surface area contributed by atoms with Crippen LogP contribution in [-0.2, 0) is 40.9 Å². The molecule has 5 heterocycles. The number of aromatic nitrogens is 5. The second-order valence-electron chi connectivity index (χ2n) is 17.6. The summed E-state index contributed by atoms with van der Waals surface area (Å²) < 4.78 is 25.6. The van der Waals surface area contributed by atoms with Crippen LogP contribution in [0, 0.1) is 26.6 Å². The standard InChI is InChI=1S/C50H50Cl2FN9O7/c1-27-43(28(2)58(4)57-27)44-37(52)13-12-35-34(8-6-22-69-40-9-5-7-30-23-32(53)10-11-33(30)40)47(50(67)68)61(46(35)44)21-18-59-16-19-60(20-17-59)42(64)26-62-29(3)54-45-36(24-31(51)25-39(45)62)48(65)55-38-14-15-41(63)56-49(38)66/h5,7,9-13,23-25,38H,6,8,14-22,26H2,1-4H3,(H,55,65)(H,67,68)(H,56,63,66). The van der Waals surface area contributed by atoms with E-state index in [0.29, 0.717) is 103 Å². The molecule has 0 aliphatic carbocycles. The number of rotatable bonds is 14. The van der Waals surface area contributed by atoms with Crippen molar-refractivity contribution in [2.75, 3.05) is 39.3 Å². The third-order valence-corrected chi connectivity index (χ3v) is 13.9. The number of piperazine rings is 1. The number of hydrogen-bond acceptors (Lipinski definition) is 9. The predicted molar refractivity (Wildman–Crippen MR) is 259 cm³/mol. The van der Waals surface area contributed by atoms with Crippen molar-refractivity contribution >= 4 is 85.5 Å². The molecule has 3 N–H and O–H groups in total. The molecule has 2 aliphatic heterocycles. The minimum atomic E-state index is -1.07. The number of nitrogens with one attached hydrogen (secondary N) is 2. The maximum Gasteiger partial charge on any atom is 0.352 e. The third kappa shape index (κ3) is 9.25. The first-order valence-corrected chi connectivity index (χ1v) is 23.5. The number of piperidine rings is 1. The minimum Gasteiger partial charge on any atom is -0.493 e. The van der Waals surface area contributed by atoms with Crippen LogP contribution in [0.4, 0.5) is 4.39 Å². The molecular formula is C50H50Cl2FN9O7. The number of amides is 4. The van der Waals surface area contributed by atoms with E-state index >= 15 is 0 Å². The highest BCUT2D eigenvalue weighted by molar-refractivity contribution is 6.35. The number of hydrogen-bond donors (Lipinski definition) is 3. The van der Waals surface area contributed by atoms with Gasteiger partial charge in [0.1, 0.15) is 41.2 Å². The molecule has 19 heteroatoms. The average Bonchev–Trinajstić information content (AvgIpc) is 3.90. The number of carboxylic acid groups (broad SMARTS) is 1. The number of halogens is 3. The summed E-state index contributed by atoms with van der Waals surface area (Å²) in [6.07, 6.45) is 1.16.